The van der Waals surface area contributed by atoms with Gasteiger partial charge in [0.15, 0.2) is 5.96 Å². The van der Waals surface area contributed by atoms with Crippen molar-refractivity contribution in [3.63, 3.8) is 0 Å². The van der Waals surface area contributed by atoms with Gasteiger partial charge in [-0.15, -0.1) is 0 Å². The van der Waals surface area contributed by atoms with E-state index in [-0.39, 0.29) is 44.1 Å². The number of H-pyrrole nitrogens is 1. The van der Waals surface area contributed by atoms with E-state index < -0.39 is 60.2 Å². The van der Waals surface area contributed by atoms with Crippen LogP contribution >= 0.6 is 0 Å². The Labute approximate surface area is 243 Å². The number of benzene rings is 1. The van der Waals surface area contributed by atoms with Gasteiger partial charge in [-0.1, -0.05) is 32.0 Å². The number of carbonyl (C=O) groups is 5. The van der Waals surface area contributed by atoms with E-state index in [4.69, 9.17) is 22.9 Å². The molecule has 230 valence electrons. The van der Waals surface area contributed by atoms with Crippen LogP contribution in [-0.2, 0) is 30.4 Å². The lowest BCUT2D eigenvalue weighted by molar-refractivity contribution is -0.142. The van der Waals surface area contributed by atoms with Crippen LogP contribution in [0.3, 0.4) is 0 Å². The van der Waals surface area contributed by atoms with Gasteiger partial charge in [0.2, 0.25) is 23.6 Å². The Morgan fingerprint density at radius 2 is 1.55 bits per heavy atom. The second-order valence-corrected chi connectivity index (χ2v) is 10.4. The lowest BCUT2D eigenvalue weighted by Gasteiger charge is -2.26. The predicted molar refractivity (Wildman–Crippen MR) is 157 cm³/mol. The molecule has 0 aliphatic heterocycles. The number of carboxylic acids is 1. The first-order chi connectivity index (χ1) is 19.8. The molecule has 0 spiro atoms. The molecular weight excluding hydrogens is 546 g/mol. The van der Waals surface area contributed by atoms with E-state index in [1.54, 1.807) is 6.20 Å². The molecule has 0 aliphatic carbocycles. The average molecular weight is 588 g/mol. The first kappa shape index (κ1) is 33.5. The fourth-order valence-corrected chi connectivity index (χ4v) is 4.33. The number of carboxylic acid groups (broad SMARTS) is 1. The topological polar surface area (TPSA) is 274 Å². The molecule has 2 aromatic rings. The lowest BCUT2D eigenvalue weighted by atomic mass is 10.0. The molecule has 15 heteroatoms. The minimum absolute atomic E-state index is 0.00859. The summed E-state index contributed by atoms with van der Waals surface area (Å²) in [6.07, 6.45) is 1.82. The predicted octanol–water partition coefficient (Wildman–Crippen LogP) is -1.45. The van der Waals surface area contributed by atoms with Crippen molar-refractivity contribution in [1.29, 1.82) is 0 Å². The summed E-state index contributed by atoms with van der Waals surface area (Å²) < 4.78 is 0. The fourth-order valence-electron chi connectivity index (χ4n) is 4.33. The second-order valence-electron chi connectivity index (χ2n) is 10.4. The van der Waals surface area contributed by atoms with Gasteiger partial charge in [0.05, 0.1) is 12.5 Å². The Bertz CT molecular complexity index is 1290. The van der Waals surface area contributed by atoms with Gasteiger partial charge in [-0.25, -0.2) is 4.79 Å². The van der Waals surface area contributed by atoms with Crippen LogP contribution in [0.25, 0.3) is 10.9 Å². The fraction of sp³-hybridized carbons (Fsp3) is 0.481. The summed E-state index contributed by atoms with van der Waals surface area (Å²) in [5.74, 6) is -4.42. The van der Waals surface area contributed by atoms with Crippen LogP contribution < -0.4 is 38.9 Å². The second kappa shape index (κ2) is 16.0. The van der Waals surface area contributed by atoms with Crippen molar-refractivity contribution < 1.29 is 29.1 Å². The van der Waals surface area contributed by atoms with Crippen LogP contribution in [0, 0.1) is 5.92 Å². The molecule has 13 N–H and O–H groups in total. The molecule has 4 atom stereocenters. The highest BCUT2D eigenvalue weighted by molar-refractivity contribution is 5.95. The number of aliphatic imine (C=N–C) groups is 1. The Kier molecular flexibility index (Phi) is 12.7. The quantitative estimate of drug-likeness (QED) is 0.0594. The van der Waals surface area contributed by atoms with Crippen molar-refractivity contribution >= 4 is 46.5 Å². The number of hydrogen-bond acceptors (Lipinski definition) is 7. The summed E-state index contributed by atoms with van der Waals surface area (Å²) in [5, 5.41) is 18.4. The SMILES string of the molecule is CC(C)CC(NC(=O)C(CCCN=C(N)N)NC(=O)C(N)CC(N)=O)C(=O)NC(Cc1c[nH]c2ccccc12)C(=O)O. The smallest absolute Gasteiger partial charge is 0.326 e. The first-order valence-corrected chi connectivity index (χ1v) is 13.6. The van der Waals surface area contributed by atoms with Crippen LogP contribution in [0.5, 0.6) is 0 Å². The zero-order chi connectivity index (χ0) is 31.4. The van der Waals surface area contributed by atoms with Crippen LogP contribution in [0.4, 0.5) is 0 Å². The van der Waals surface area contributed by atoms with E-state index in [1.807, 2.05) is 38.1 Å². The van der Waals surface area contributed by atoms with E-state index >= 15 is 0 Å². The number of nitrogens with zero attached hydrogens (tertiary/aromatic N) is 1. The Balaban J connectivity index is 2.20. The molecule has 1 aromatic heterocycles. The molecule has 1 heterocycles. The van der Waals surface area contributed by atoms with Crippen molar-refractivity contribution in [3.05, 3.63) is 36.0 Å². The maximum atomic E-state index is 13.3. The van der Waals surface area contributed by atoms with E-state index in [9.17, 15) is 29.1 Å². The number of hydrogen-bond donors (Lipinski definition) is 9. The van der Waals surface area contributed by atoms with Crippen molar-refractivity contribution in [2.24, 2.45) is 33.8 Å². The number of nitrogens with one attached hydrogen (secondary N) is 4. The maximum Gasteiger partial charge on any atom is 0.326 e. The number of carbonyl (C=O) groups excluding carboxylic acids is 4. The van der Waals surface area contributed by atoms with E-state index in [0.717, 1.165) is 10.9 Å². The highest BCUT2D eigenvalue weighted by Gasteiger charge is 2.31. The van der Waals surface area contributed by atoms with Gasteiger partial charge in [0.1, 0.15) is 18.1 Å². The number of aliphatic carboxylic acids is 1. The van der Waals surface area contributed by atoms with Gasteiger partial charge in [-0.2, -0.15) is 0 Å². The van der Waals surface area contributed by atoms with E-state index in [0.29, 0.717) is 5.56 Å². The number of amides is 4. The third-order valence-corrected chi connectivity index (χ3v) is 6.39. The molecule has 0 bridgehead atoms. The number of fused-ring (bicyclic) bond motifs is 1. The molecule has 15 nitrogen and oxygen atoms in total. The van der Waals surface area contributed by atoms with Crippen LogP contribution in [0.15, 0.2) is 35.5 Å². The lowest BCUT2D eigenvalue weighted by Crippen LogP contribution is -2.57. The van der Waals surface area contributed by atoms with Crippen LogP contribution in [-0.4, -0.2) is 76.4 Å². The maximum absolute atomic E-state index is 13.3. The van der Waals surface area contributed by atoms with Crippen molar-refractivity contribution in [1.82, 2.24) is 20.9 Å². The number of rotatable bonds is 17. The number of guanidine groups is 1. The molecule has 0 saturated carbocycles. The summed E-state index contributed by atoms with van der Waals surface area (Å²) in [5.41, 5.74) is 23.1. The van der Waals surface area contributed by atoms with Crippen LogP contribution in [0.1, 0.15) is 45.1 Å². The van der Waals surface area contributed by atoms with Gasteiger partial charge >= 0.3 is 5.97 Å². The molecule has 2 rings (SSSR count). The largest absolute Gasteiger partial charge is 0.480 e. The van der Waals surface area contributed by atoms with Gasteiger partial charge < -0.3 is 49.0 Å². The van der Waals surface area contributed by atoms with Crippen molar-refractivity contribution in [2.75, 3.05) is 6.54 Å². The Morgan fingerprint density at radius 3 is 2.17 bits per heavy atom. The highest BCUT2D eigenvalue weighted by atomic mass is 16.4. The number of para-hydroxylation sites is 1. The molecule has 4 amide bonds. The Hall–Kier alpha value is -4.66. The van der Waals surface area contributed by atoms with E-state index in [2.05, 4.69) is 25.9 Å². The summed E-state index contributed by atoms with van der Waals surface area (Å²) >= 11 is 0. The van der Waals surface area contributed by atoms with Crippen molar-refractivity contribution in [3.8, 4) is 0 Å². The molecule has 42 heavy (non-hydrogen) atoms. The molecule has 0 radical (unpaired) electrons. The standard InChI is InChI=1S/C27H41N9O6/c1-14(2)10-20(25(40)36-21(26(41)42)11-15-13-33-18-7-4-3-6-16(15)18)35-24(39)19(8-5-9-32-27(30)31)34-23(38)17(28)12-22(29)37/h3-4,6-7,13-14,17,19-21,33H,5,8-12,28H2,1-2H3,(H2,29,37)(H,34,38)(H,35,39)(H,36,40)(H,41,42)(H4,30,31,32). The zero-order valence-corrected chi connectivity index (χ0v) is 23.8. The number of aromatic nitrogens is 1. The minimum atomic E-state index is -1.29. The first-order valence-electron chi connectivity index (χ1n) is 13.6. The number of nitrogens with two attached hydrogens (primary N) is 4. The summed E-state index contributed by atoms with van der Waals surface area (Å²) in [6.45, 7) is 3.84. The third-order valence-electron chi connectivity index (χ3n) is 6.39. The molecule has 0 fully saturated rings. The monoisotopic (exact) mass is 587 g/mol. The van der Waals surface area contributed by atoms with Crippen LogP contribution in [0.2, 0.25) is 0 Å². The summed E-state index contributed by atoms with van der Waals surface area (Å²) in [7, 11) is 0. The summed E-state index contributed by atoms with van der Waals surface area (Å²) in [4.78, 5) is 69.4. The number of primary amides is 1. The van der Waals surface area contributed by atoms with E-state index in [1.165, 1.54) is 0 Å². The van der Waals surface area contributed by atoms with Gasteiger partial charge in [0.25, 0.3) is 0 Å². The van der Waals surface area contributed by atoms with Gasteiger partial charge in [-0.05, 0) is 36.8 Å². The molecule has 0 saturated heterocycles. The number of aromatic amines is 1. The van der Waals surface area contributed by atoms with Crippen molar-refractivity contribution in [2.45, 2.75) is 70.1 Å². The normalized spacial score (nSPS) is 13.9. The molecule has 0 aliphatic rings. The molecule has 1 aromatic carbocycles. The molecular formula is C27H41N9O6. The average Bonchev–Trinajstić information content (AvgIpc) is 3.31. The zero-order valence-electron chi connectivity index (χ0n) is 23.8. The highest BCUT2D eigenvalue weighted by Crippen LogP contribution is 2.19. The Morgan fingerprint density at radius 1 is 0.929 bits per heavy atom. The minimum Gasteiger partial charge on any atom is -0.480 e. The molecule has 4 unspecified atom stereocenters. The summed E-state index contributed by atoms with van der Waals surface area (Å²) in [6, 6.07) is 2.55. The third kappa shape index (κ3) is 10.7. The van der Waals surface area contributed by atoms with Gasteiger partial charge in [0, 0.05) is 30.1 Å². The van der Waals surface area contributed by atoms with Gasteiger partial charge in [-0.3, -0.25) is 24.2 Å².